The normalized spacial score (nSPS) is 22.3. The fourth-order valence-corrected chi connectivity index (χ4v) is 3.60. The summed E-state index contributed by atoms with van der Waals surface area (Å²) >= 11 is 0. The third-order valence-corrected chi connectivity index (χ3v) is 5.35. The molecule has 6 heteroatoms. The second kappa shape index (κ2) is 7.44. The number of amides is 3. The lowest BCUT2D eigenvalue weighted by Crippen LogP contribution is -2.50. The standard InChI is InChI=1S/C19H28N4O2/c1-14-4-6-17(7-5-14)23-13-15(12-18(23)24)20-19(25)22(3)16-8-10-21(2)11-9-16/h4-7,15-16H,8-13H2,1-3H3,(H,20,25)/t15-/m0/s1. The van der Waals surface area contributed by atoms with Gasteiger partial charge in [-0.05, 0) is 52.0 Å². The van der Waals surface area contributed by atoms with Crippen molar-refractivity contribution in [1.82, 2.24) is 15.1 Å². The molecule has 0 bridgehead atoms. The number of nitrogens with zero attached hydrogens (tertiary/aromatic N) is 3. The second-order valence-corrected chi connectivity index (χ2v) is 7.34. The van der Waals surface area contributed by atoms with Crippen LogP contribution in [0.5, 0.6) is 0 Å². The number of anilines is 1. The molecule has 1 aromatic rings. The summed E-state index contributed by atoms with van der Waals surface area (Å²) in [5, 5.41) is 3.04. The van der Waals surface area contributed by atoms with Crippen LogP contribution in [0.4, 0.5) is 10.5 Å². The molecule has 0 radical (unpaired) electrons. The number of hydrogen-bond donors (Lipinski definition) is 1. The lowest BCUT2D eigenvalue weighted by Gasteiger charge is -2.35. The highest BCUT2D eigenvalue weighted by atomic mass is 16.2. The van der Waals surface area contributed by atoms with Gasteiger partial charge in [0.2, 0.25) is 5.91 Å². The van der Waals surface area contributed by atoms with Gasteiger partial charge in [0, 0.05) is 31.7 Å². The first-order valence-corrected chi connectivity index (χ1v) is 9.03. The minimum absolute atomic E-state index is 0.0658. The Morgan fingerprint density at radius 2 is 1.84 bits per heavy atom. The number of piperidine rings is 1. The van der Waals surface area contributed by atoms with E-state index in [2.05, 4.69) is 17.3 Å². The second-order valence-electron chi connectivity index (χ2n) is 7.34. The molecule has 25 heavy (non-hydrogen) atoms. The van der Waals surface area contributed by atoms with Gasteiger partial charge in [-0.15, -0.1) is 0 Å². The number of hydrogen-bond acceptors (Lipinski definition) is 3. The van der Waals surface area contributed by atoms with Gasteiger partial charge in [0.1, 0.15) is 0 Å². The van der Waals surface area contributed by atoms with Crippen molar-refractivity contribution in [2.45, 2.75) is 38.3 Å². The van der Waals surface area contributed by atoms with Crippen molar-refractivity contribution >= 4 is 17.6 Å². The van der Waals surface area contributed by atoms with Crippen molar-refractivity contribution in [1.29, 1.82) is 0 Å². The number of benzene rings is 1. The van der Waals surface area contributed by atoms with Gasteiger partial charge >= 0.3 is 6.03 Å². The van der Waals surface area contributed by atoms with Crippen molar-refractivity contribution in [3.63, 3.8) is 0 Å². The van der Waals surface area contributed by atoms with Crippen LogP contribution in [0.2, 0.25) is 0 Å². The fourth-order valence-electron chi connectivity index (χ4n) is 3.60. The van der Waals surface area contributed by atoms with Gasteiger partial charge in [-0.3, -0.25) is 4.79 Å². The Morgan fingerprint density at radius 3 is 2.48 bits per heavy atom. The van der Waals surface area contributed by atoms with Crippen LogP contribution in [0.3, 0.4) is 0 Å². The molecular formula is C19H28N4O2. The number of likely N-dealkylation sites (tertiary alicyclic amines) is 1. The Kier molecular flexibility index (Phi) is 5.27. The number of carbonyl (C=O) groups excluding carboxylic acids is 2. The van der Waals surface area contributed by atoms with E-state index in [0.29, 0.717) is 13.0 Å². The number of aryl methyl sites for hydroxylation is 1. The van der Waals surface area contributed by atoms with E-state index in [-0.39, 0.29) is 24.0 Å². The van der Waals surface area contributed by atoms with E-state index < -0.39 is 0 Å². The maximum atomic E-state index is 12.5. The Morgan fingerprint density at radius 1 is 1.20 bits per heavy atom. The molecule has 1 aromatic carbocycles. The topological polar surface area (TPSA) is 55.9 Å². The molecular weight excluding hydrogens is 316 g/mol. The van der Waals surface area contributed by atoms with Crippen molar-refractivity contribution in [3.05, 3.63) is 29.8 Å². The van der Waals surface area contributed by atoms with Crippen LogP contribution < -0.4 is 10.2 Å². The van der Waals surface area contributed by atoms with Gasteiger partial charge < -0.3 is 20.0 Å². The van der Waals surface area contributed by atoms with Crippen LogP contribution in [-0.4, -0.2) is 67.6 Å². The van der Waals surface area contributed by atoms with E-state index in [0.717, 1.165) is 31.6 Å². The fraction of sp³-hybridized carbons (Fsp3) is 0.579. The maximum absolute atomic E-state index is 12.5. The highest BCUT2D eigenvalue weighted by Gasteiger charge is 2.33. The van der Waals surface area contributed by atoms with E-state index in [1.165, 1.54) is 5.56 Å². The lowest BCUT2D eigenvalue weighted by molar-refractivity contribution is -0.117. The first-order chi connectivity index (χ1) is 11.9. The van der Waals surface area contributed by atoms with E-state index in [4.69, 9.17) is 0 Å². The molecule has 0 aromatic heterocycles. The first kappa shape index (κ1) is 17.7. The van der Waals surface area contributed by atoms with E-state index in [9.17, 15) is 9.59 Å². The van der Waals surface area contributed by atoms with Crippen LogP contribution in [0.1, 0.15) is 24.8 Å². The quantitative estimate of drug-likeness (QED) is 0.910. The first-order valence-electron chi connectivity index (χ1n) is 9.03. The van der Waals surface area contributed by atoms with E-state index in [1.807, 2.05) is 43.1 Å². The highest BCUT2D eigenvalue weighted by molar-refractivity contribution is 5.96. The molecule has 1 N–H and O–H groups in total. The van der Waals surface area contributed by atoms with Crippen LogP contribution in [-0.2, 0) is 4.79 Å². The van der Waals surface area contributed by atoms with E-state index >= 15 is 0 Å². The van der Waals surface area contributed by atoms with Gasteiger partial charge in [0.15, 0.2) is 0 Å². The van der Waals surface area contributed by atoms with Crippen LogP contribution in [0, 0.1) is 6.92 Å². The van der Waals surface area contributed by atoms with Crippen molar-refractivity contribution in [3.8, 4) is 0 Å². The molecule has 2 aliphatic rings. The summed E-state index contributed by atoms with van der Waals surface area (Å²) in [6, 6.07) is 8.00. The average molecular weight is 344 g/mol. The SMILES string of the molecule is Cc1ccc(N2C[C@@H](NC(=O)N(C)C3CCN(C)CC3)CC2=O)cc1. The number of urea groups is 1. The molecule has 2 aliphatic heterocycles. The van der Waals surface area contributed by atoms with Gasteiger partial charge in [-0.2, -0.15) is 0 Å². The largest absolute Gasteiger partial charge is 0.333 e. The summed E-state index contributed by atoms with van der Waals surface area (Å²) in [6.07, 6.45) is 2.36. The zero-order chi connectivity index (χ0) is 18.0. The Labute approximate surface area is 149 Å². The predicted molar refractivity (Wildman–Crippen MR) is 98.8 cm³/mol. The van der Waals surface area contributed by atoms with Crippen molar-refractivity contribution in [2.75, 3.05) is 38.6 Å². The average Bonchev–Trinajstić information content (AvgIpc) is 2.96. The van der Waals surface area contributed by atoms with Gasteiger partial charge in [-0.25, -0.2) is 4.79 Å². The molecule has 0 unspecified atom stereocenters. The summed E-state index contributed by atoms with van der Waals surface area (Å²) in [5.41, 5.74) is 2.07. The Balaban J connectivity index is 1.55. The lowest BCUT2D eigenvalue weighted by atomic mass is 10.0. The third-order valence-electron chi connectivity index (χ3n) is 5.35. The minimum atomic E-state index is -0.130. The number of carbonyl (C=O) groups is 2. The summed E-state index contributed by atoms with van der Waals surface area (Å²) in [4.78, 5) is 30.7. The monoisotopic (exact) mass is 344 g/mol. The molecule has 3 amide bonds. The summed E-state index contributed by atoms with van der Waals surface area (Å²) in [5.74, 6) is 0.0658. The van der Waals surface area contributed by atoms with Gasteiger partial charge in [0.05, 0.1) is 6.04 Å². The molecule has 0 saturated carbocycles. The molecule has 1 atom stereocenters. The molecule has 0 spiro atoms. The molecule has 2 fully saturated rings. The van der Waals surface area contributed by atoms with Gasteiger partial charge in [0.25, 0.3) is 0 Å². The molecule has 0 aliphatic carbocycles. The summed E-state index contributed by atoms with van der Waals surface area (Å²) in [6.45, 7) is 4.60. The smallest absolute Gasteiger partial charge is 0.317 e. The zero-order valence-corrected chi connectivity index (χ0v) is 15.4. The predicted octanol–water partition coefficient (Wildman–Crippen LogP) is 1.84. The summed E-state index contributed by atoms with van der Waals surface area (Å²) < 4.78 is 0. The van der Waals surface area contributed by atoms with Crippen LogP contribution in [0.15, 0.2) is 24.3 Å². The molecule has 6 nitrogen and oxygen atoms in total. The van der Waals surface area contributed by atoms with Crippen LogP contribution >= 0.6 is 0 Å². The van der Waals surface area contributed by atoms with Crippen LogP contribution in [0.25, 0.3) is 0 Å². The van der Waals surface area contributed by atoms with Crippen molar-refractivity contribution < 1.29 is 9.59 Å². The molecule has 2 heterocycles. The number of rotatable bonds is 3. The zero-order valence-electron chi connectivity index (χ0n) is 15.4. The third kappa shape index (κ3) is 4.12. The molecule has 3 rings (SSSR count). The Bertz CT molecular complexity index is 623. The minimum Gasteiger partial charge on any atom is -0.333 e. The van der Waals surface area contributed by atoms with E-state index in [1.54, 1.807) is 4.90 Å². The summed E-state index contributed by atoms with van der Waals surface area (Å²) in [7, 11) is 3.97. The maximum Gasteiger partial charge on any atom is 0.317 e. The number of nitrogens with one attached hydrogen (secondary N) is 1. The van der Waals surface area contributed by atoms with Gasteiger partial charge in [-0.1, -0.05) is 17.7 Å². The molecule has 2 saturated heterocycles. The Hall–Kier alpha value is -2.08. The van der Waals surface area contributed by atoms with Crippen molar-refractivity contribution in [2.24, 2.45) is 0 Å². The molecule has 136 valence electrons. The highest BCUT2D eigenvalue weighted by Crippen LogP contribution is 2.22.